The molecule has 0 bridgehead atoms. The van der Waals surface area contributed by atoms with Gasteiger partial charge in [0.15, 0.2) is 0 Å². The first-order chi connectivity index (χ1) is 8.76. The quantitative estimate of drug-likeness (QED) is 0.685. The Labute approximate surface area is 109 Å². The summed E-state index contributed by atoms with van der Waals surface area (Å²) in [7, 11) is 3.55. The minimum absolute atomic E-state index is 0.105. The molecule has 1 aromatic carbocycles. The number of hydrogen-bond donors (Lipinski definition) is 2. The lowest BCUT2D eigenvalue weighted by atomic mass is 10.1. The van der Waals surface area contributed by atoms with E-state index in [-0.39, 0.29) is 5.91 Å². The number of methoxy groups -OCH3 is 1. The molecule has 4 heteroatoms. The third-order valence-electron chi connectivity index (χ3n) is 2.70. The molecular formula is C14H22N2O2. The van der Waals surface area contributed by atoms with Crippen LogP contribution in [-0.2, 0) is 11.2 Å². The van der Waals surface area contributed by atoms with E-state index in [1.807, 2.05) is 31.3 Å². The fourth-order valence-corrected chi connectivity index (χ4v) is 1.67. The number of benzene rings is 1. The van der Waals surface area contributed by atoms with E-state index in [2.05, 4.69) is 10.6 Å². The van der Waals surface area contributed by atoms with Crippen LogP contribution in [0.4, 0.5) is 0 Å². The normalized spacial score (nSPS) is 10.1. The van der Waals surface area contributed by atoms with Crippen LogP contribution in [0.2, 0.25) is 0 Å². The Morgan fingerprint density at radius 1 is 1.33 bits per heavy atom. The molecule has 2 N–H and O–H groups in total. The fraction of sp³-hybridized carbons (Fsp3) is 0.500. The maximum absolute atomic E-state index is 11.6. The second-order valence-electron chi connectivity index (χ2n) is 4.16. The van der Waals surface area contributed by atoms with Gasteiger partial charge in [-0.1, -0.05) is 12.1 Å². The highest BCUT2D eigenvalue weighted by Crippen LogP contribution is 2.13. The summed E-state index contributed by atoms with van der Waals surface area (Å²) in [5.41, 5.74) is 1.12. The smallest absolute Gasteiger partial charge is 0.220 e. The van der Waals surface area contributed by atoms with Gasteiger partial charge in [-0.3, -0.25) is 4.79 Å². The number of hydrogen-bond acceptors (Lipinski definition) is 3. The van der Waals surface area contributed by atoms with Gasteiger partial charge >= 0.3 is 0 Å². The Balaban J connectivity index is 2.24. The molecule has 0 unspecified atom stereocenters. The average molecular weight is 250 g/mol. The van der Waals surface area contributed by atoms with E-state index >= 15 is 0 Å². The summed E-state index contributed by atoms with van der Waals surface area (Å²) in [5, 5.41) is 5.95. The fourth-order valence-electron chi connectivity index (χ4n) is 1.67. The van der Waals surface area contributed by atoms with Gasteiger partial charge in [0.25, 0.3) is 0 Å². The van der Waals surface area contributed by atoms with Crippen LogP contribution in [0.1, 0.15) is 18.4 Å². The number of aryl methyl sites for hydroxylation is 1. The van der Waals surface area contributed by atoms with Crippen LogP contribution < -0.4 is 15.4 Å². The van der Waals surface area contributed by atoms with Gasteiger partial charge in [-0.05, 0) is 44.1 Å². The largest absolute Gasteiger partial charge is 0.497 e. The molecule has 1 amide bonds. The van der Waals surface area contributed by atoms with Crippen molar-refractivity contribution in [1.82, 2.24) is 10.6 Å². The Bertz CT molecular complexity index is 367. The van der Waals surface area contributed by atoms with Gasteiger partial charge < -0.3 is 15.4 Å². The number of nitrogens with one attached hydrogen (secondary N) is 2. The highest BCUT2D eigenvalue weighted by atomic mass is 16.5. The molecule has 0 aliphatic heterocycles. The number of carbonyl (C=O) groups is 1. The zero-order valence-corrected chi connectivity index (χ0v) is 11.2. The summed E-state index contributed by atoms with van der Waals surface area (Å²) >= 11 is 0. The zero-order valence-electron chi connectivity index (χ0n) is 11.2. The van der Waals surface area contributed by atoms with Crippen LogP contribution >= 0.6 is 0 Å². The summed E-state index contributed by atoms with van der Waals surface area (Å²) in [6.45, 7) is 1.66. The molecule has 0 saturated carbocycles. The number of rotatable bonds is 8. The summed E-state index contributed by atoms with van der Waals surface area (Å²) in [4.78, 5) is 11.6. The molecule has 0 atom stereocenters. The van der Waals surface area contributed by atoms with Crippen LogP contribution in [0.3, 0.4) is 0 Å². The molecule has 0 radical (unpaired) electrons. The molecule has 0 aliphatic rings. The third kappa shape index (κ3) is 5.68. The Morgan fingerprint density at radius 2 is 2.17 bits per heavy atom. The highest BCUT2D eigenvalue weighted by molar-refractivity contribution is 5.76. The number of amides is 1. The summed E-state index contributed by atoms with van der Waals surface area (Å²) < 4.78 is 5.15. The molecule has 4 nitrogen and oxygen atoms in total. The van der Waals surface area contributed by atoms with Crippen molar-refractivity contribution < 1.29 is 9.53 Å². The molecule has 0 spiro atoms. The average Bonchev–Trinajstić information content (AvgIpc) is 2.41. The Hall–Kier alpha value is -1.55. The van der Waals surface area contributed by atoms with E-state index in [0.717, 1.165) is 37.2 Å². The molecule has 1 rings (SSSR count). The van der Waals surface area contributed by atoms with Crippen molar-refractivity contribution in [2.45, 2.75) is 19.3 Å². The lowest BCUT2D eigenvalue weighted by Crippen LogP contribution is -2.26. The van der Waals surface area contributed by atoms with Gasteiger partial charge in [-0.15, -0.1) is 0 Å². The topological polar surface area (TPSA) is 50.4 Å². The van der Waals surface area contributed by atoms with Crippen LogP contribution in [0.15, 0.2) is 24.3 Å². The molecule has 0 heterocycles. The van der Waals surface area contributed by atoms with Crippen molar-refractivity contribution in [3.05, 3.63) is 29.8 Å². The molecule has 0 aliphatic carbocycles. The molecule has 0 saturated heterocycles. The van der Waals surface area contributed by atoms with Crippen molar-refractivity contribution in [3.63, 3.8) is 0 Å². The first kappa shape index (κ1) is 14.5. The predicted octanol–water partition coefficient (Wildman–Crippen LogP) is 1.35. The number of ether oxygens (including phenoxy) is 1. The monoisotopic (exact) mass is 250 g/mol. The summed E-state index contributed by atoms with van der Waals surface area (Å²) in [6.07, 6.45) is 2.23. The second kappa shape index (κ2) is 8.53. The van der Waals surface area contributed by atoms with Crippen molar-refractivity contribution in [2.75, 3.05) is 27.2 Å². The van der Waals surface area contributed by atoms with Gasteiger partial charge in [0, 0.05) is 13.0 Å². The Morgan fingerprint density at radius 3 is 2.89 bits per heavy atom. The molecule has 0 aromatic heterocycles. The standard InChI is InChI=1S/C14H22N2O2/c1-15-9-4-10-16-14(17)8-7-12-5-3-6-13(11-12)18-2/h3,5-6,11,15H,4,7-10H2,1-2H3,(H,16,17). The molecule has 18 heavy (non-hydrogen) atoms. The van der Waals surface area contributed by atoms with Crippen molar-refractivity contribution in [1.29, 1.82) is 0 Å². The molecule has 1 aromatic rings. The second-order valence-corrected chi connectivity index (χ2v) is 4.16. The van der Waals surface area contributed by atoms with Gasteiger partial charge in [-0.25, -0.2) is 0 Å². The van der Waals surface area contributed by atoms with Gasteiger partial charge in [0.1, 0.15) is 5.75 Å². The van der Waals surface area contributed by atoms with Crippen molar-refractivity contribution in [2.24, 2.45) is 0 Å². The van der Waals surface area contributed by atoms with E-state index in [0.29, 0.717) is 6.42 Å². The first-order valence-electron chi connectivity index (χ1n) is 6.30. The number of carbonyl (C=O) groups excluding carboxylic acids is 1. The maximum Gasteiger partial charge on any atom is 0.220 e. The van der Waals surface area contributed by atoms with E-state index in [1.54, 1.807) is 7.11 Å². The lowest BCUT2D eigenvalue weighted by molar-refractivity contribution is -0.121. The van der Waals surface area contributed by atoms with Crippen LogP contribution in [-0.4, -0.2) is 33.2 Å². The third-order valence-corrected chi connectivity index (χ3v) is 2.70. The van der Waals surface area contributed by atoms with E-state index < -0.39 is 0 Å². The summed E-state index contributed by atoms with van der Waals surface area (Å²) in [5.74, 6) is 0.941. The maximum atomic E-state index is 11.6. The molecule has 100 valence electrons. The summed E-state index contributed by atoms with van der Waals surface area (Å²) in [6, 6.07) is 7.82. The van der Waals surface area contributed by atoms with Crippen LogP contribution in [0.5, 0.6) is 5.75 Å². The minimum Gasteiger partial charge on any atom is -0.497 e. The predicted molar refractivity (Wildman–Crippen MR) is 72.9 cm³/mol. The van der Waals surface area contributed by atoms with E-state index in [9.17, 15) is 4.79 Å². The van der Waals surface area contributed by atoms with Gasteiger partial charge in [-0.2, -0.15) is 0 Å². The van der Waals surface area contributed by atoms with Crippen LogP contribution in [0, 0.1) is 0 Å². The van der Waals surface area contributed by atoms with Crippen molar-refractivity contribution >= 4 is 5.91 Å². The van der Waals surface area contributed by atoms with Gasteiger partial charge in [0.05, 0.1) is 7.11 Å². The van der Waals surface area contributed by atoms with Gasteiger partial charge in [0.2, 0.25) is 5.91 Å². The zero-order chi connectivity index (χ0) is 13.2. The van der Waals surface area contributed by atoms with Crippen LogP contribution in [0.25, 0.3) is 0 Å². The highest BCUT2D eigenvalue weighted by Gasteiger charge is 2.02. The molecule has 0 fully saturated rings. The first-order valence-corrected chi connectivity index (χ1v) is 6.30. The lowest BCUT2D eigenvalue weighted by Gasteiger charge is -2.06. The molecular weight excluding hydrogens is 228 g/mol. The minimum atomic E-state index is 0.105. The van der Waals surface area contributed by atoms with E-state index in [4.69, 9.17) is 4.74 Å². The Kier molecular flexibility index (Phi) is 6.87. The van der Waals surface area contributed by atoms with E-state index in [1.165, 1.54) is 0 Å². The van der Waals surface area contributed by atoms with Crippen molar-refractivity contribution in [3.8, 4) is 5.75 Å². The SMILES string of the molecule is CNCCCNC(=O)CCc1cccc(OC)c1.